The van der Waals surface area contributed by atoms with E-state index in [1.165, 1.54) is 0 Å². The summed E-state index contributed by atoms with van der Waals surface area (Å²) < 4.78 is 0. The van der Waals surface area contributed by atoms with Gasteiger partial charge in [0.05, 0.1) is 10.7 Å². The summed E-state index contributed by atoms with van der Waals surface area (Å²) >= 11 is 1.71. The van der Waals surface area contributed by atoms with Crippen LogP contribution >= 0.6 is 11.3 Å². The fraction of sp³-hybridized carbons (Fsp3) is 0.722. The molecule has 1 fully saturated rings. The third-order valence-corrected chi connectivity index (χ3v) is 5.17. The largest absolute Gasteiger partial charge is 0.342 e. The summed E-state index contributed by atoms with van der Waals surface area (Å²) in [4.78, 5) is 29.8. The van der Waals surface area contributed by atoms with Crippen molar-refractivity contribution in [2.24, 2.45) is 0 Å². The number of aromatic nitrogens is 1. The molecule has 130 valence electrons. The zero-order valence-corrected chi connectivity index (χ0v) is 14.5. The molecule has 0 radical (unpaired) electrons. The van der Waals surface area contributed by atoms with E-state index in [0.29, 0.717) is 18.8 Å². The Hall–Kier alpha value is -1.23. The topological polar surface area (TPSA) is 50.3 Å². The summed E-state index contributed by atoms with van der Waals surface area (Å²) in [5.41, 5.74) is 1.10. The average Bonchev–Trinajstić information content (AvgIpc) is 2.96. The van der Waals surface area contributed by atoms with Gasteiger partial charge in [0.2, 0.25) is 5.91 Å². The first kappa shape index (κ1) is 19.8. The molecular formula is C18H30N2O2S. The summed E-state index contributed by atoms with van der Waals surface area (Å²) in [6.07, 6.45) is 6.15. The molecule has 1 aliphatic heterocycles. The van der Waals surface area contributed by atoms with Crippen LogP contribution in [-0.2, 0) is 16.0 Å². The second-order valence-electron chi connectivity index (χ2n) is 6.16. The van der Waals surface area contributed by atoms with Gasteiger partial charge in [-0.15, -0.1) is 11.3 Å². The van der Waals surface area contributed by atoms with Crippen LogP contribution in [0.15, 0.2) is 5.38 Å². The normalized spacial score (nSPS) is 17.7. The molecule has 1 saturated heterocycles. The van der Waals surface area contributed by atoms with Crippen molar-refractivity contribution >= 4 is 23.0 Å². The second-order valence-corrected chi connectivity index (χ2v) is 7.05. The van der Waals surface area contributed by atoms with E-state index in [-0.39, 0.29) is 19.1 Å². The third-order valence-electron chi connectivity index (χ3n) is 4.12. The molecule has 1 atom stereocenters. The number of thiazole rings is 1. The Morgan fingerprint density at radius 3 is 2.87 bits per heavy atom. The van der Waals surface area contributed by atoms with Crippen LogP contribution in [0, 0.1) is 0 Å². The molecule has 2 rings (SSSR count). The lowest BCUT2D eigenvalue weighted by Crippen LogP contribution is -2.38. The summed E-state index contributed by atoms with van der Waals surface area (Å²) in [6, 6.07) is 0. The van der Waals surface area contributed by atoms with Crippen molar-refractivity contribution in [2.75, 3.05) is 13.1 Å². The first-order valence-electron chi connectivity index (χ1n) is 8.31. The van der Waals surface area contributed by atoms with Gasteiger partial charge in [0.1, 0.15) is 5.78 Å². The number of nitrogens with zero attached hydrogens (tertiary/aromatic N) is 2. The van der Waals surface area contributed by atoms with Crippen molar-refractivity contribution in [3.05, 3.63) is 16.1 Å². The fourth-order valence-electron chi connectivity index (χ4n) is 2.92. The third kappa shape index (κ3) is 6.05. The number of carbonyl (C=O) groups excluding carboxylic acids is 2. The quantitative estimate of drug-likeness (QED) is 0.749. The molecule has 0 aliphatic carbocycles. The molecule has 2 heterocycles. The molecule has 1 aromatic rings. The molecule has 23 heavy (non-hydrogen) atoms. The van der Waals surface area contributed by atoms with Crippen molar-refractivity contribution in [1.82, 2.24) is 9.88 Å². The minimum Gasteiger partial charge on any atom is -0.342 e. The number of hydrogen-bond acceptors (Lipinski definition) is 4. The van der Waals surface area contributed by atoms with Gasteiger partial charge in [-0.05, 0) is 39.0 Å². The highest BCUT2D eigenvalue weighted by Crippen LogP contribution is 2.30. The maximum Gasteiger partial charge on any atom is 0.222 e. The van der Waals surface area contributed by atoms with E-state index in [2.05, 4.69) is 5.38 Å². The minimum absolute atomic E-state index is 0. The number of piperidine rings is 1. The maximum atomic E-state index is 12.1. The van der Waals surface area contributed by atoms with Gasteiger partial charge in [-0.1, -0.05) is 14.4 Å². The van der Waals surface area contributed by atoms with Gasteiger partial charge in [-0.3, -0.25) is 4.79 Å². The Balaban J connectivity index is 0.00000264. The predicted octanol–water partition coefficient (Wildman–Crippen LogP) is 4.20. The van der Waals surface area contributed by atoms with Gasteiger partial charge < -0.3 is 9.69 Å². The number of carbonyl (C=O) groups is 2. The Kier molecular flexibility index (Phi) is 8.45. The molecule has 1 aliphatic rings. The van der Waals surface area contributed by atoms with Crippen LogP contribution in [-0.4, -0.2) is 34.7 Å². The Morgan fingerprint density at radius 1 is 1.39 bits per heavy atom. The van der Waals surface area contributed by atoms with Crippen LogP contribution in [0.2, 0.25) is 0 Å². The van der Waals surface area contributed by atoms with Crippen molar-refractivity contribution in [3.63, 3.8) is 0 Å². The van der Waals surface area contributed by atoms with Gasteiger partial charge in [0.15, 0.2) is 0 Å². The van der Waals surface area contributed by atoms with Gasteiger partial charge in [-0.2, -0.15) is 0 Å². The van der Waals surface area contributed by atoms with Crippen molar-refractivity contribution in [1.29, 1.82) is 0 Å². The van der Waals surface area contributed by atoms with Crippen molar-refractivity contribution in [2.45, 2.75) is 72.1 Å². The summed E-state index contributed by atoms with van der Waals surface area (Å²) in [6.45, 7) is 5.40. The molecule has 1 amide bonds. The highest BCUT2D eigenvalue weighted by atomic mass is 32.1. The summed E-state index contributed by atoms with van der Waals surface area (Å²) in [5, 5.41) is 3.27. The van der Waals surface area contributed by atoms with Gasteiger partial charge in [-0.25, -0.2) is 4.98 Å². The molecule has 1 unspecified atom stereocenters. The van der Waals surface area contributed by atoms with E-state index in [1.807, 2.05) is 11.8 Å². The lowest BCUT2D eigenvalue weighted by atomic mass is 9.98. The Bertz CT molecular complexity index is 513. The highest BCUT2D eigenvalue weighted by molar-refractivity contribution is 7.09. The molecule has 1 aromatic heterocycles. The zero-order chi connectivity index (χ0) is 15.9. The SMILES string of the molecule is C.CCCC(=O)N1CCCC(c2nc(CCCC(C)=O)cs2)C1. The summed E-state index contributed by atoms with van der Waals surface area (Å²) in [7, 11) is 0. The molecule has 0 spiro atoms. The van der Waals surface area contributed by atoms with Crippen molar-refractivity contribution in [3.8, 4) is 0 Å². The molecule has 0 aromatic carbocycles. The first-order chi connectivity index (χ1) is 10.6. The molecule has 4 nitrogen and oxygen atoms in total. The van der Waals surface area contributed by atoms with Crippen LogP contribution in [0.3, 0.4) is 0 Å². The first-order valence-corrected chi connectivity index (χ1v) is 9.19. The standard InChI is InChI=1S/C17H26N2O2S.CH4/c1-3-6-16(21)19-10-5-8-14(11-19)17-18-15(12-22-17)9-4-7-13(2)20;/h12,14H,3-11H2,1-2H3;1H4. The smallest absolute Gasteiger partial charge is 0.222 e. The number of amides is 1. The number of ketones is 1. The van der Waals surface area contributed by atoms with Gasteiger partial charge in [0.25, 0.3) is 0 Å². The number of aryl methyl sites for hydroxylation is 1. The van der Waals surface area contributed by atoms with E-state index >= 15 is 0 Å². The zero-order valence-electron chi connectivity index (χ0n) is 13.6. The Labute approximate surface area is 144 Å². The Morgan fingerprint density at radius 2 is 2.17 bits per heavy atom. The van der Waals surface area contributed by atoms with Gasteiger partial charge in [0, 0.05) is 37.2 Å². The van der Waals surface area contributed by atoms with Crippen LogP contribution in [0.25, 0.3) is 0 Å². The molecule has 0 N–H and O–H groups in total. The molecule has 5 heteroatoms. The molecular weight excluding hydrogens is 308 g/mol. The van der Waals surface area contributed by atoms with Gasteiger partial charge >= 0.3 is 0 Å². The van der Waals surface area contributed by atoms with E-state index in [4.69, 9.17) is 4.98 Å². The highest BCUT2D eigenvalue weighted by Gasteiger charge is 2.26. The van der Waals surface area contributed by atoms with Crippen molar-refractivity contribution < 1.29 is 9.59 Å². The van der Waals surface area contributed by atoms with Crippen LogP contribution in [0.5, 0.6) is 0 Å². The van der Waals surface area contributed by atoms with E-state index in [0.717, 1.165) is 55.9 Å². The van der Waals surface area contributed by atoms with E-state index < -0.39 is 0 Å². The number of hydrogen-bond donors (Lipinski definition) is 0. The molecule has 0 bridgehead atoms. The lowest BCUT2D eigenvalue weighted by Gasteiger charge is -2.31. The summed E-state index contributed by atoms with van der Waals surface area (Å²) in [5.74, 6) is 0.916. The van der Waals surface area contributed by atoms with Crippen LogP contribution in [0.1, 0.15) is 76.4 Å². The molecule has 0 saturated carbocycles. The monoisotopic (exact) mass is 338 g/mol. The predicted molar refractivity (Wildman–Crippen MR) is 95.9 cm³/mol. The van der Waals surface area contributed by atoms with E-state index in [1.54, 1.807) is 18.3 Å². The average molecular weight is 339 g/mol. The van der Waals surface area contributed by atoms with E-state index in [9.17, 15) is 9.59 Å². The lowest BCUT2D eigenvalue weighted by molar-refractivity contribution is -0.132. The number of rotatable bonds is 7. The fourth-order valence-corrected chi connectivity index (χ4v) is 3.90. The number of likely N-dealkylation sites (tertiary alicyclic amines) is 1. The van der Waals surface area contributed by atoms with Crippen LogP contribution in [0.4, 0.5) is 0 Å². The van der Waals surface area contributed by atoms with Crippen LogP contribution < -0.4 is 0 Å². The second kappa shape index (κ2) is 9.81. The minimum atomic E-state index is 0. The number of Topliss-reactive ketones (excluding diaryl/α,β-unsaturated/α-hetero) is 1. The maximum absolute atomic E-state index is 12.1.